The maximum atomic E-state index is 5.38. The first-order valence-corrected chi connectivity index (χ1v) is 4.94. The molecule has 0 spiro atoms. The summed E-state index contributed by atoms with van der Waals surface area (Å²) in [5, 5.41) is 0. The zero-order valence-electron chi connectivity index (χ0n) is 7.39. The molecule has 0 aromatic rings. The van der Waals surface area contributed by atoms with Crippen molar-refractivity contribution in [2.75, 3.05) is 5.88 Å². The van der Waals surface area contributed by atoms with Gasteiger partial charge in [0.25, 0.3) is 0 Å². The summed E-state index contributed by atoms with van der Waals surface area (Å²) in [6.07, 6.45) is 5.55. The lowest BCUT2D eigenvalue weighted by molar-refractivity contribution is 0.776. The molecule has 1 heterocycles. The Labute approximate surface area is 78.8 Å². The second kappa shape index (κ2) is 5.15. The van der Waals surface area contributed by atoms with Crippen molar-refractivity contribution in [1.29, 1.82) is 0 Å². The zero-order chi connectivity index (χ0) is 8.81. The fourth-order valence-electron chi connectivity index (χ4n) is 0.899. The van der Waals surface area contributed by atoms with Gasteiger partial charge in [-0.3, -0.25) is 4.98 Å². The van der Waals surface area contributed by atoms with E-state index in [1.54, 1.807) is 0 Å². The van der Waals surface area contributed by atoms with Crippen LogP contribution >= 0.6 is 11.6 Å². The van der Waals surface area contributed by atoms with Gasteiger partial charge in [-0.2, -0.15) is 0 Å². The molecule has 66 valence electrons. The largest absolute Gasteiger partial charge is 0.256 e. The molecule has 0 atom stereocenters. The van der Waals surface area contributed by atoms with E-state index in [1.807, 2.05) is 12.3 Å². The summed E-state index contributed by atoms with van der Waals surface area (Å²) in [5.41, 5.74) is 2.49. The third kappa shape index (κ3) is 3.22. The van der Waals surface area contributed by atoms with Crippen molar-refractivity contribution in [2.45, 2.75) is 26.2 Å². The molecule has 1 nitrogen and oxygen atoms in total. The Morgan fingerprint density at radius 2 is 2.25 bits per heavy atom. The van der Waals surface area contributed by atoms with Gasteiger partial charge in [0, 0.05) is 17.6 Å². The standard InChI is InChI=1S/C5H11Cl.C5H3N/c1-2-3-4-5-6;1-2-6-5-3-4(1)5/h2-5H2,1H3;1-3H. The number of rotatable bonds is 3. The molecule has 2 heteroatoms. The van der Waals surface area contributed by atoms with Crippen molar-refractivity contribution >= 4 is 11.6 Å². The highest BCUT2D eigenvalue weighted by Gasteiger charge is 2.09. The molecule has 0 saturated carbocycles. The van der Waals surface area contributed by atoms with Crippen LogP contribution in [0.15, 0.2) is 18.3 Å². The Morgan fingerprint density at radius 3 is 2.42 bits per heavy atom. The van der Waals surface area contributed by atoms with E-state index in [0.29, 0.717) is 0 Å². The van der Waals surface area contributed by atoms with Gasteiger partial charge >= 0.3 is 0 Å². The first-order valence-electron chi connectivity index (χ1n) is 4.41. The second-order valence-electron chi connectivity index (χ2n) is 2.83. The lowest BCUT2D eigenvalue weighted by Crippen LogP contribution is -1.70. The van der Waals surface area contributed by atoms with Crippen LogP contribution in [0.2, 0.25) is 0 Å². The number of halogens is 1. The third-order valence-corrected chi connectivity index (χ3v) is 1.98. The van der Waals surface area contributed by atoms with Crippen molar-refractivity contribution in [3.8, 4) is 11.3 Å². The van der Waals surface area contributed by atoms with E-state index in [-0.39, 0.29) is 0 Å². The zero-order valence-corrected chi connectivity index (χ0v) is 8.14. The molecule has 0 N–H and O–H groups in total. The molecule has 1 aliphatic carbocycles. The Kier molecular flexibility index (Phi) is 4.09. The fourth-order valence-corrected chi connectivity index (χ4v) is 1.09. The number of pyridine rings is 1. The van der Waals surface area contributed by atoms with Gasteiger partial charge < -0.3 is 0 Å². The summed E-state index contributed by atoms with van der Waals surface area (Å²) in [7, 11) is 0. The summed E-state index contributed by atoms with van der Waals surface area (Å²) in [4.78, 5) is 3.95. The van der Waals surface area contributed by atoms with E-state index in [9.17, 15) is 0 Å². The maximum Gasteiger partial charge on any atom is 0.0710 e. The van der Waals surface area contributed by atoms with Gasteiger partial charge in [0.1, 0.15) is 0 Å². The molecular weight excluding hydrogens is 170 g/mol. The minimum atomic E-state index is 0.827. The summed E-state index contributed by atoms with van der Waals surface area (Å²) in [5.74, 6) is 0.827. The minimum absolute atomic E-state index is 0.827. The molecule has 2 rings (SSSR count). The molecule has 0 aromatic carbocycles. The molecule has 0 unspecified atom stereocenters. The van der Waals surface area contributed by atoms with Crippen molar-refractivity contribution < 1.29 is 0 Å². The highest BCUT2D eigenvalue weighted by molar-refractivity contribution is 6.17. The van der Waals surface area contributed by atoms with Crippen LogP contribution in [0.3, 0.4) is 0 Å². The van der Waals surface area contributed by atoms with Crippen LogP contribution in [0, 0.1) is 0 Å². The van der Waals surface area contributed by atoms with Gasteiger partial charge in [-0.15, -0.1) is 11.6 Å². The number of unbranched alkanes of at least 4 members (excludes halogenated alkanes) is 2. The quantitative estimate of drug-likeness (QED) is 0.525. The van der Waals surface area contributed by atoms with Gasteiger partial charge in [0.15, 0.2) is 0 Å². The molecule has 0 amide bonds. The molecule has 1 aliphatic heterocycles. The molecule has 0 fully saturated rings. The Bertz CT molecular complexity index is 214. The van der Waals surface area contributed by atoms with Crippen molar-refractivity contribution in [2.24, 2.45) is 0 Å². The maximum absolute atomic E-state index is 5.38. The summed E-state index contributed by atoms with van der Waals surface area (Å²) < 4.78 is 0. The molecule has 2 aliphatic rings. The Balaban J connectivity index is 0.000000120. The molecule has 12 heavy (non-hydrogen) atoms. The summed E-state index contributed by atoms with van der Waals surface area (Å²) in [6, 6.07) is 4.06. The van der Waals surface area contributed by atoms with Crippen LogP contribution in [0.1, 0.15) is 26.2 Å². The lowest BCUT2D eigenvalue weighted by Gasteiger charge is -1.84. The van der Waals surface area contributed by atoms with Crippen molar-refractivity contribution in [3.63, 3.8) is 0 Å². The predicted octanol–water partition coefficient (Wildman–Crippen LogP) is 3.48. The third-order valence-electron chi connectivity index (χ3n) is 1.71. The number of hydrogen-bond acceptors (Lipinski definition) is 1. The highest BCUT2D eigenvalue weighted by atomic mass is 35.5. The van der Waals surface area contributed by atoms with E-state index in [1.165, 1.54) is 30.5 Å². The van der Waals surface area contributed by atoms with Gasteiger partial charge in [-0.25, -0.2) is 0 Å². The molecule has 0 radical (unpaired) electrons. The number of nitrogens with zero attached hydrogens (tertiary/aromatic N) is 1. The monoisotopic (exact) mass is 183 g/mol. The van der Waals surface area contributed by atoms with Crippen LogP contribution in [0.25, 0.3) is 11.3 Å². The van der Waals surface area contributed by atoms with Crippen LogP contribution in [-0.2, 0) is 0 Å². The first-order chi connectivity index (χ1) is 5.88. The highest BCUT2D eigenvalue weighted by Crippen LogP contribution is 2.29. The van der Waals surface area contributed by atoms with Gasteiger partial charge in [-0.05, 0) is 18.6 Å². The molecule has 0 saturated heterocycles. The summed E-state index contributed by atoms with van der Waals surface area (Å²) >= 11 is 5.38. The summed E-state index contributed by atoms with van der Waals surface area (Å²) in [6.45, 7) is 2.17. The Hall–Kier alpha value is -0.560. The number of fused-ring (bicyclic) bond motifs is 1. The van der Waals surface area contributed by atoms with E-state index in [4.69, 9.17) is 11.6 Å². The second-order valence-corrected chi connectivity index (χ2v) is 3.20. The Morgan fingerprint density at radius 1 is 1.42 bits per heavy atom. The van der Waals surface area contributed by atoms with Crippen molar-refractivity contribution in [3.05, 3.63) is 18.3 Å². The van der Waals surface area contributed by atoms with Crippen LogP contribution in [0.5, 0.6) is 0 Å². The minimum Gasteiger partial charge on any atom is -0.256 e. The molecule has 0 aromatic heterocycles. The van der Waals surface area contributed by atoms with Crippen LogP contribution in [0.4, 0.5) is 0 Å². The first kappa shape index (κ1) is 9.53. The predicted molar refractivity (Wildman–Crippen MR) is 53.5 cm³/mol. The SMILES string of the molecule is CCCCCCl.c1cc2cc-2n1. The molecular formula is C10H14ClN. The lowest BCUT2D eigenvalue weighted by atomic mass is 10.3. The normalized spacial score (nSPS) is 10.2. The van der Waals surface area contributed by atoms with Crippen LogP contribution < -0.4 is 0 Å². The number of hydrogen-bond donors (Lipinski definition) is 0. The van der Waals surface area contributed by atoms with E-state index in [2.05, 4.69) is 18.0 Å². The van der Waals surface area contributed by atoms with Crippen LogP contribution in [-0.4, -0.2) is 10.9 Å². The molecule has 0 bridgehead atoms. The average molecular weight is 184 g/mol. The smallest absolute Gasteiger partial charge is 0.0710 e. The fraction of sp³-hybridized carbons (Fsp3) is 0.500. The topological polar surface area (TPSA) is 12.9 Å². The van der Waals surface area contributed by atoms with Gasteiger partial charge in [0.05, 0.1) is 5.69 Å². The average Bonchev–Trinajstić information content (AvgIpc) is 2.72. The number of aromatic nitrogens is 1. The van der Waals surface area contributed by atoms with E-state index >= 15 is 0 Å². The van der Waals surface area contributed by atoms with Gasteiger partial charge in [-0.1, -0.05) is 19.8 Å². The van der Waals surface area contributed by atoms with E-state index < -0.39 is 0 Å². The number of alkyl halides is 1. The van der Waals surface area contributed by atoms with E-state index in [0.717, 1.165) is 5.88 Å². The van der Waals surface area contributed by atoms with Crippen molar-refractivity contribution in [1.82, 2.24) is 4.98 Å². The van der Waals surface area contributed by atoms with Gasteiger partial charge in [0.2, 0.25) is 0 Å².